The van der Waals surface area contributed by atoms with Gasteiger partial charge >= 0.3 is 5.69 Å². The maximum absolute atomic E-state index is 12.4. The predicted octanol–water partition coefficient (Wildman–Crippen LogP) is 3.69. The van der Waals surface area contributed by atoms with Crippen LogP contribution in [0, 0.1) is 0 Å². The Morgan fingerprint density at radius 3 is 2.50 bits per heavy atom. The molecule has 0 bridgehead atoms. The first-order chi connectivity index (χ1) is 11.5. The highest BCUT2D eigenvalue weighted by Gasteiger charge is 2.10. The number of aromatic nitrogens is 2. The topological polar surface area (TPSA) is 56.0 Å². The quantitative estimate of drug-likeness (QED) is 0.718. The third-order valence-corrected chi connectivity index (χ3v) is 4.27. The average Bonchev–Trinajstić information content (AvgIpc) is 2.91. The molecule has 5 nitrogen and oxygen atoms in total. The lowest BCUT2D eigenvalue weighted by Crippen LogP contribution is -2.28. The van der Waals surface area contributed by atoms with Crippen LogP contribution in [0.15, 0.2) is 70.2 Å². The fourth-order valence-electron chi connectivity index (χ4n) is 2.24. The Morgan fingerprint density at radius 2 is 1.79 bits per heavy atom. The molecule has 1 heterocycles. The molecule has 0 aliphatic heterocycles. The first-order valence-electron chi connectivity index (χ1n) is 7.13. The molecule has 3 aromatic rings. The molecule has 0 unspecified atom stereocenters. The minimum absolute atomic E-state index is 0.0897. The predicted molar refractivity (Wildman–Crippen MR) is 97.8 cm³/mol. The van der Waals surface area contributed by atoms with Crippen LogP contribution in [0.1, 0.15) is 0 Å². The van der Waals surface area contributed by atoms with Crippen molar-refractivity contribution in [1.29, 1.82) is 0 Å². The molecule has 0 aliphatic carbocycles. The molecular weight excluding hydrogens is 394 g/mol. The van der Waals surface area contributed by atoms with Gasteiger partial charge in [-0.1, -0.05) is 39.7 Å². The third-order valence-electron chi connectivity index (χ3n) is 3.41. The van der Waals surface area contributed by atoms with E-state index in [0.717, 1.165) is 10.2 Å². The fraction of sp³-hybridized carbons (Fsp3) is 0.0588. The van der Waals surface area contributed by atoms with Crippen molar-refractivity contribution in [2.24, 2.45) is 0 Å². The number of hydrogen-bond acceptors (Lipinski definition) is 2. The highest BCUT2D eigenvalue weighted by molar-refractivity contribution is 9.10. The third kappa shape index (κ3) is 3.60. The van der Waals surface area contributed by atoms with E-state index in [1.54, 1.807) is 36.7 Å². The highest BCUT2D eigenvalue weighted by Crippen LogP contribution is 2.20. The van der Waals surface area contributed by atoms with Crippen molar-refractivity contribution in [2.45, 2.75) is 6.54 Å². The summed E-state index contributed by atoms with van der Waals surface area (Å²) in [5, 5.41) is 3.15. The number of nitrogens with zero attached hydrogens (tertiary/aromatic N) is 2. The SMILES string of the molecule is O=C(Cn1ccn(-c2ccc(Br)cc2)c1=O)Nc1ccccc1Cl. The Bertz CT molecular complexity index is 932. The summed E-state index contributed by atoms with van der Waals surface area (Å²) in [5.74, 6) is -0.321. The molecule has 0 aliphatic rings. The minimum Gasteiger partial charge on any atom is -0.323 e. The summed E-state index contributed by atoms with van der Waals surface area (Å²) in [6.07, 6.45) is 3.21. The van der Waals surface area contributed by atoms with Crippen LogP contribution in [0.2, 0.25) is 5.02 Å². The minimum atomic E-state index is -0.321. The zero-order valence-corrected chi connectivity index (χ0v) is 14.8. The summed E-state index contributed by atoms with van der Waals surface area (Å²) in [5.41, 5.74) is 0.963. The van der Waals surface area contributed by atoms with Gasteiger partial charge in [-0.25, -0.2) is 4.79 Å². The monoisotopic (exact) mass is 405 g/mol. The Morgan fingerprint density at radius 1 is 1.08 bits per heavy atom. The lowest BCUT2D eigenvalue weighted by molar-refractivity contribution is -0.116. The van der Waals surface area contributed by atoms with Gasteiger partial charge in [-0.15, -0.1) is 0 Å². The van der Waals surface area contributed by atoms with E-state index >= 15 is 0 Å². The van der Waals surface area contributed by atoms with Crippen LogP contribution in [-0.4, -0.2) is 15.0 Å². The Labute approximate surface area is 151 Å². The summed E-state index contributed by atoms with van der Waals surface area (Å²) < 4.78 is 3.75. The number of carbonyl (C=O) groups excluding carboxylic acids is 1. The number of benzene rings is 2. The molecule has 0 spiro atoms. The number of anilines is 1. The largest absolute Gasteiger partial charge is 0.333 e. The summed E-state index contributed by atoms with van der Waals surface area (Å²) in [4.78, 5) is 24.5. The first kappa shape index (κ1) is 16.5. The Kier molecular flexibility index (Phi) is 4.87. The number of para-hydroxylation sites is 1. The van der Waals surface area contributed by atoms with Gasteiger partial charge in [0.15, 0.2) is 0 Å². The number of rotatable bonds is 4. The van der Waals surface area contributed by atoms with Crippen molar-refractivity contribution in [1.82, 2.24) is 9.13 Å². The van der Waals surface area contributed by atoms with Crippen molar-refractivity contribution < 1.29 is 4.79 Å². The van der Waals surface area contributed by atoms with Crippen LogP contribution in [0.3, 0.4) is 0 Å². The molecular formula is C17H13BrClN3O2. The number of hydrogen-bond donors (Lipinski definition) is 1. The lowest BCUT2D eigenvalue weighted by Gasteiger charge is -2.07. The van der Waals surface area contributed by atoms with Gasteiger partial charge in [0.25, 0.3) is 0 Å². The van der Waals surface area contributed by atoms with Crippen LogP contribution in [-0.2, 0) is 11.3 Å². The van der Waals surface area contributed by atoms with Gasteiger partial charge in [0, 0.05) is 16.9 Å². The van der Waals surface area contributed by atoms with E-state index in [4.69, 9.17) is 11.6 Å². The van der Waals surface area contributed by atoms with Crippen LogP contribution in [0.5, 0.6) is 0 Å². The molecule has 1 amide bonds. The molecule has 0 fully saturated rings. The van der Waals surface area contributed by atoms with Gasteiger partial charge in [-0.2, -0.15) is 0 Å². The zero-order chi connectivity index (χ0) is 17.1. The van der Waals surface area contributed by atoms with Crippen LogP contribution in [0.25, 0.3) is 5.69 Å². The molecule has 24 heavy (non-hydrogen) atoms. The van der Waals surface area contributed by atoms with Crippen LogP contribution < -0.4 is 11.0 Å². The van der Waals surface area contributed by atoms with Crippen LogP contribution >= 0.6 is 27.5 Å². The fourth-order valence-corrected chi connectivity index (χ4v) is 2.69. The zero-order valence-electron chi connectivity index (χ0n) is 12.4. The second-order valence-corrected chi connectivity index (χ2v) is 6.41. The van der Waals surface area contributed by atoms with Gasteiger partial charge in [-0.3, -0.25) is 13.9 Å². The molecule has 1 N–H and O–H groups in total. The normalized spacial score (nSPS) is 10.6. The van der Waals surface area contributed by atoms with Crippen molar-refractivity contribution in [2.75, 3.05) is 5.32 Å². The highest BCUT2D eigenvalue weighted by atomic mass is 79.9. The number of nitrogens with one attached hydrogen (secondary N) is 1. The number of carbonyl (C=O) groups is 1. The van der Waals surface area contributed by atoms with E-state index in [0.29, 0.717) is 10.7 Å². The summed E-state index contributed by atoms with van der Waals surface area (Å²) >= 11 is 9.36. The van der Waals surface area contributed by atoms with Crippen molar-refractivity contribution in [3.8, 4) is 5.69 Å². The maximum Gasteiger partial charge on any atom is 0.333 e. The maximum atomic E-state index is 12.4. The molecule has 3 rings (SSSR count). The molecule has 7 heteroatoms. The second-order valence-electron chi connectivity index (χ2n) is 5.08. The van der Waals surface area contributed by atoms with Gasteiger partial charge in [0.2, 0.25) is 5.91 Å². The smallest absolute Gasteiger partial charge is 0.323 e. The van der Waals surface area contributed by atoms with Crippen LogP contribution in [0.4, 0.5) is 5.69 Å². The van der Waals surface area contributed by atoms with Gasteiger partial charge in [-0.05, 0) is 36.4 Å². The lowest BCUT2D eigenvalue weighted by atomic mass is 10.3. The molecule has 1 aromatic heterocycles. The van der Waals surface area contributed by atoms with Gasteiger partial charge < -0.3 is 5.32 Å². The Balaban J connectivity index is 1.77. The van der Waals surface area contributed by atoms with E-state index in [9.17, 15) is 9.59 Å². The molecule has 122 valence electrons. The van der Waals surface area contributed by atoms with E-state index < -0.39 is 0 Å². The van der Waals surface area contributed by atoms with Gasteiger partial charge in [0.1, 0.15) is 6.54 Å². The second kappa shape index (κ2) is 7.07. The van der Waals surface area contributed by atoms with Gasteiger partial charge in [0.05, 0.1) is 16.4 Å². The molecule has 2 aromatic carbocycles. The molecule has 0 saturated heterocycles. The number of amides is 1. The summed E-state index contributed by atoms with van der Waals surface area (Å²) in [6.45, 7) is -0.0897. The summed E-state index contributed by atoms with van der Waals surface area (Å²) in [7, 11) is 0. The number of imidazole rings is 1. The van der Waals surface area contributed by atoms with Crippen molar-refractivity contribution >= 4 is 39.1 Å². The van der Waals surface area contributed by atoms with E-state index in [2.05, 4.69) is 21.2 Å². The molecule has 0 atom stereocenters. The van der Waals surface area contributed by atoms with E-state index in [-0.39, 0.29) is 18.1 Å². The van der Waals surface area contributed by atoms with Crippen molar-refractivity contribution in [3.63, 3.8) is 0 Å². The average molecular weight is 407 g/mol. The Hall–Kier alpha value is -2.31. The van der Waals surface area contributed by atoms with E-state index in [1.807, 2.05) is 24.3 Å². The first-order valence-corrected chi connectivity index (χ1v) is 8.30. The standard InChI is InChI=1S/C17H13BrClN3O2/c18-12-5-7-13(8-6-12)22-10-9-21(17(22)24)11-16(23)20-15-4-2-1-3-14(15)19/h1-10H,11H2,(H,20,23). The van der Waals surface area contributed by atoms with E-state index in [1.165, 1.54) is 9.13 Å². The number of halogens is 2. The van der Waals surface area contributed by atoms with Crippen molar-refractivity contribution in [3.05, 3.63) is 80.9 Å². The molecule has 0 radical (unpaired) electrons. The summed E-state index contributed by atoms with van der Waals surface area (Å²) in [6, 6.07) is 14.3. The molecule has 0 saturated carbocycles.